The molecule has 0 saturated carbocycles. The lowest BCUT2D eigenvalue weighted by molar-refractivity contribution is 0.0948. The lowest BCUT2D eigenvalue weighted by Gasteiger charge is -2.34. The molecule has 11 heteroatoms. The largest absolute Gasteiger partial charge is 0.494 e. The van der Waals surface area contributed by atoms with Crippen LogP contribution in [0.2, 0.25) is 0 Å². The summed E-state index contributed by atoms with van der Waals surface area (Å²) in [6, 6.07) is 20.7. The van der Waals surface area contributed by atoms with Crippen LogP contribution in [-0.4, -0.2) is 70.1 Å². The first-order valence-corrected chi connectivity index (χ1v) is 15.2. The van der Waals surface area contributed by atoms with E-state index in [0.29, 0.717) is 24.4 Å². The Morgan fingerprint density at radius 1 is 1.00 bits per heavy atom. The van der Waals surface area contributed by atoms with Crippen LogP contribution in [-0.2, 0) is 10.0 Å². The van der Waals surface area contributed by atoms with Gasteiger partial charge in [0.05, 0.1) is 21.7 Å². The van der Waals surface area contributed by atoms with Gasteiger partial charge in [-0.3, -0.25) is 14.4 Å². The molecular weight excluding hydrogens is 534 g/mol. The first-order chi connectivity index (χ1) is 18.9. The van der Waals surface area contributed by atoms with Crippen LogP contribution in [0.1, 0.15) is 17.3 Å². The van der Waals surface area contributed by atoms with Crippen LogP contribution in [0.4, 0.5) is 10.8 Å². The molecule has 5 rings (SSSR count). The van der Waals surface area contributed by atoms with Crippen LogP contribution < -0.4 is 19.7 Å². The van der Waals surface area contributed by atoms with E-state index in [2.05, 4.69) is 19.8 Å². The fourth-order valence-electron chi connectivity index (χ4n) is 4.41. The summed E-state index contributed by atoms with van der Waals surface area (Å²) in [5.41, 5.74) is 1.73. The van der Waals surface area contributed by atoms with E-state index in [0.717, 1.165) is 53.8 Å². The number of carbonyl (C=O) groups is 1. The molecule has 4 aromatic rings. The number of amides is 1. The molecule has 2 heterocycles. The molecule has 0 spiro atoms. The van der Waals surface area contributed by atoms with Crippen molar-refractivity contribution in [2.24, 2.45) is 0 Å². The van der Waals surface area contributed by atoms with Crippen molar-refractivity contribution < 1.29 is 17.9 Å². The molecule has 1 saturated heterocycles. The number of fused-ring (bicyclic) bond motifs is 1. The van der Waals surface area contributed by atoms with Gasteiger partial charge in [0.15, 0.2) is 5.13 Å². The molecule has 1 fully saturated rings. The molecule has 0 radical (unpaired) electrons. The van der Waals surface area contributed by atoms with Crippen LogP contribution in [0.25, 0.3) is 10.2 Å². The van der Waals surface area contributed by atoms with Crippen LogP contribution in [0.5, 0.6) is 5.75 Å². The lowest BCUT2D eigenvalue weighted by atomic mass is 10.2. The Morgan fingerprint density at radius 3 is 2.56 bits per heavy atom. The van der Waals surface area contributed by atoms with Gasteiger partial charge < -0.3 is 15.0 Å². The fraction of sp³-hybridized carbons (Fsp3) is 0.286. The number of thiazole rings is 1. The van der Waals surface area contributed by atoms with Gasteiger partial charge in [0.25, 0.3) is 15.9 Å². The minimum Gasteiger partial charge on any atom is -0.494 e. The van der Waals surface area contributed by atoms with Gasteiger partial charge in [-0.1, -0.05) is 35.6 Å². The van der Waals surface area contributed by atoms with E-state index in [1.54, 1.807) is 53.8 Å². The van der Waals surface area contributed by atoms with Gasteiger partial charge in [-0.2, -0.15) is 0 Å². The van der Waals surface area contributed by atoms with Gasteiger partial charge in [-0.15, -0.1) is 0 Å². The molecule has 1 aliphatic rings. The molecule has 0 unspecified atom stereocenters. The number of piperazine rings is 1. The predicted molar refractivity (Wildman–Crippen MR) is 155 cm³/mol. The highest BCUT2D eigenvalue weighted by molar-refractivity contribution is 7.92. The first-order valence-electron chi connectivity index (χ1n) is 12.9. The monoisotopic (exact) mass is 565 g/mol. The first kappa shape index (κ1) is 26.9. The van der Waals surface area contributed by atoms with Gasteiger partial charge in [-0.25, -0.2) is 13.4 Å². The van der Waals surface area contributed by atoms with E-state index in [-0.39, 0.29) is 10.8 Å². The maximum Gasteiger partial charge on any atom is 0.261 e. The average molecular weight is 566 g/mol. The van der Waals surface area contributed by atoms with Crippen LogP contribution in [0.15, 0.2) is 77.7 Å². The Labute approximate surface area is 232 Å². The zero-order valence-corrected chi connectivity index (χ0v) is 23.3. The Hall–Kier alpha value is -3.67. The standard InChI is InChI=1S/C28H31N5O4S2/c1-2-37-23-11-12-25-26(20-23)38-28(30-25)33-17-15-32(16-18-33)14-13-29-27(34)21-7-6-8-22(19-21)31-39(35,36)24-9-4-3-5-10-24/h3-12,19-20,31H,2,13-18H2,1H3,(H,29,34). The molecule has 0 atom stereocenters. The molecule has 2 N–H and O–H groups in total. The smallest absolute Gasteiger partial charge is 0.261 e. The van der Waals surface area contributed by atoms with E-state index in [1.165, 1.54) is 12.1 Å². The second-order valence-electron chi connectivity index (χ2n) is 9.14. The Morgan fingerprint density at radius 2 is 1.79 bits per heavy atom. The molecular formula is C28H31N5O4S2. The predicted octanol–water partition coefficient (Wildman–Crippen LogP) is 4.05. The van der Waals surface area contributed by atoms with Crippen molar-refractivity contribution in [3.8, 4) is 5.75 Å². The summed E-state index contributed by atoms with van der Waals surface area (Å²) >= 11 is 1.68. The molecule has 0 aliphatic carbocycles. The molecule has 9 nitrogen and oxygen atoms in total. The average Bonchev–Trinajstić information content (AvgIpc) is 3.37. The number of carbonyl (C=O) groups excluding carboxylic acids is 1. The third kappa shape index (κ3) is 6.67. The highest BCUT2D eigenvalue weighted by atomic mass is 32.2. The highest BCUT2D eigenvalue weighted by Crippen LogP contribution is 2.32. The van der Waals surface area contributed by atoms with Gasteiger partial charge in [0.1, 0.15) is 5.75 Å². The topological polar surface area (TPSA) is 104 Å². The number of ether oxygens (including phenoxy) is 1. The number of nitrogens with one attached hydrogen (secondary N) is 2. The van der Waals surface area contributed by atoms with Crippen molar-refractivity contribution in [1.82, 2.24) is 15.2 Å². The summed E-state index contributed by atoms with van der Waals surface area (Å²) in [7, 11) is -3.73. The number of anilines is 2. The van der Waals surface area contributed by atoms with E-state index in [1.807, 2.05) is 25.1 Å². The summed E-state index contributed by atoms with van der Waals surface area (Å²) in [5.74, 6) is 0.627. The third-order valence-electron chi connectivity index (χ3n) is 6.45. The minimum atomic E-state index is -3.73. The third-order valence-corrected chi connectivity index (χ3v) is 8.92. The van der Waals surface area contributed by atoms with Crippen molar-refractivity contribution in [3.05, 3.63) is 78.4 Å². The number of rotatable bonds is 10. The van der Waals surface area contributed by atoms with Gasteiger partial charge >= 0.3 is 0 Å². The van der Waals surface area contributed by atoms with Gasteiger partial charge in [0.2, 0.25) is 0 Å². The number of sulfonamides is 1. The summed E-state index contributed by atoms with van der Waals surface area (Å²) in [6.07, 6.45) is 0. The zero-order chi connectivity index (χ0) is 27.2. The van der Waals surface area contributed by atoms with Gasteiger partial charge in [0, 0.05) is 50.5 Å². The maximum atomic E-state index is 12.7. The van der Waals surface area contributed by atoms with Crippen molar-refractivity contribution in [2.75, 3.05) is 55.5 Å². The SMILES string of the molecule is CCOc1ccc2nc(N3CCN(CCNC(=O)c4cccc(NS(=O)(=O)c5ccccc5)c4)CC3)sc2c1. The second-order valence-corrected chi connectivity index (χ2v) is 11.8. The van der Waals surface area contributed by atoms with E-state index >= 15 is 0 Å². The molecule has 3 aromatic carbocycles. The molecule has 0 bridgehead atoms. The summed E-state index contributed by atoms with van der Waals surface area (Å²) in [6.45, 7) is 7.36. The van der Waals surface area contributed by atoms with E-state index in [9.17, 15) is 13.2 Å². The normalized spacial score (nSPS) is 14.3. The second kappa shape index (κ2) is 12.0. The summed E-state index contributed by atoms with van der Waals surface area (Å²) < 4.78 is 34.5. The molecule has 1 amide bonds. The Balaban J connectivity index is 1.09. The molecule has 1 aromatic heterocycles. The summed E-state index contributed by atoms with van der Waals surface area (Å²) in [5, 5.41) is 3.97. The Bertz CT molecular complexity index is 1530. The Kier molecular flexibility index (Phi) is 8.30. The molecule has 204 valence electrons. The quantitative estimate of drug-likeness (QED) is 0.299. The zero-order valence-electron chi connectivity index (χ0n) is 21.7. The minimum absolute atomic E-state index is 0.166. The van der Waals surface area contributed by atoms with Crippen LogP contribution >= 0.6 is 11.3 Å². The number of benzene rings is 3. The van der Waals surface area contributed by atoms with E-state index < -0.39 is 10.0 Å². The highest BCUT2D eigenvalue weighted by Gasteiger charge is 2.20. The van der Waals surface area contributed by atoms with E-state index in [4.69, 9.17) is 9.72 Å². The molecule has 1 aliphatic heterocycles. The van der Waals surface area contributed by atoms with Gasteiger partial charge in [-0.05, 0) is 55.5 Å². The van der Waals surface area contributed by atoms with Crippen molar-refractivity contribution in [2.45, 2.75) is 11.8 Å². The van der Waals surface area contributed by atoms with Crippen molar-refractivity contribution >= 4 is 48.3 Å². The van der Waals surface area contributed by atoms with Crippen LogP contribution in [0, 0.1) is 0 Å². The van der Waals surface area contributed by atoms with Crippen LogP contribution in [0.3, 0.4) is 0 Å². The maximum absolute atomic E-state index is 12.7. The van der Waals surface area contributed by atoms with Crippen molar-refractivity contribution in [1.29, 1.82) is 0 Å². The summed E-state index contributed by atoms with van der Waals surface area (Å²) in [4.78, 5) is 22.3. The number of hydrogen-bond acceptors (Lipinski definition) is 8. The number of hydrogen-bond donors (Lipinski definition) is 2. The molecule has 39 heavy (non-hydrogen) atoms. The fourth-order valence-corrected chi connectivity index (χ4v) is 6.53. The van der Waals surface area contributed by atoms with Crippen molar-refractivity contribution in [3.63, 3.8) is 0 Å². The number of aromatic nitrogens is 1. The lowest BCUT2D eigenvalue weighted by Crippen LogP contribution is -2.48. The number of nitrogens with zero attached hydrogens (tertiary/aromatic N) is 3.